The molecule has 0 saturated carbocycles. The van der Waals surface area contributed by atoms with Crippen LogP contribution in [0.1, 0.15) is 5.56 Å². The van der Waals surface area contributed by atoms with Crippen molar-refractivity contribution in [3.05, 3.63) is 83.8 Å². The predicted molar refractivity (Wildman–Crippen MR) is 135 cm³/mol. The van der Waals surface area contributed by atoms with Gasteiger partial charge < -0.3 is 10.1 Å². The zero-order valence-electron chi connectivity index (χ0n) is 18.7. The lowest BCUT2D eigenvalue weighted by molar-refractivity contribution is -0.124. The number of rotatable bonds is 5. The minimum Gasteiger partial charge on any atom is -0.457 e. The summed E-state index contributed by atoms with van der Waals surface area (Å²) < 4.78 is 22.5. The predicted octanol–water partition coefficient (Wildman–Crippen LogP) is 5.37. The molecular weight excluding hydrogens is 463 g/mol. The fourth-order valence-corrected chi connectivity index (χ4v) is 5.04. The summed E-state index contributed by atoms with van der Waals surface area (Å²) >= 11 is 1.58. The van der Waals surface area contributed by atoms with Crippen molar-refractivity contribution < 1.29 is 13.9 Å². The second-order valence-electron chi connectivity index (χ2n) is 8.50. The molecule has 0 spiro atoms. The van der Waals surface area contributed by atoms with Crippen molar-refractivity contribution in [2.24, 2.45) is 0 Å². The number of fused-ring (bicyclic) bond motifs is 2. The lowest BCUT2D eigenvalue weighted by Crippen LogP contribution is -2.47. The molecule has 35 heavy (non-hydrogen) atoms. The third-order valence-corrected chi connectivity index (χ3v) is 6.91. The molecule has 1 saturated heterocycles. The van der Waals surface area contributed by atoms with Crippen LogP contribution in [0.4, 0.5) is 4.39 Å². The number of benzene rings is 3. The van der Waals surface area contributed by atoms with Crippen LogP contribution in [0.15, 0.2) is 72.4 Å². The van der Waals surface area contributed by atoms with Crippen LogP contribution in [0.25, 0.3) is 32.2 Å². The normalized spacial score (nSPS) is 14.4. The third-order valence-electron chi connectivity index (χ3n) is 6.10. The van der Waals surface area contributed by atoms with Crippen LogP contribution < -0.4 is 10.1 Å². The molecule has 3 heterocycles. The number of carbonyl (C=O) groups is 1. The van der Waals surface area contributed by atoms with Crippen LogP contribution in [0.3, 0.4) is 0 Å². The highest BCUT2D eigenvalue weighted by Gasteiger charge is 2.17. The van der Waals surface area contributed by atoms with Gasteiger partial charge in [-0.3, -0.25) is 14.7 Å². The number of aromatic nitrogens is 2. The van der Waals surface area contributed by atoms with E-state index in [0.29, 0.717) is 36.7 Å². The molecule has 5 aromatic rings. The van der Waals surface area contributed by atoms with Gasteiger partial charge in [0.25, 0.3) is 0 Å². The summed E-state index contributed by atoms with van der Waals surface area (Å²) in [6, 6.07) is 18.5. The molecule has 0 atom stereocenters. The van der Waals surface area contributed by atoms with E-state index in [1.54, 1.807) is 29.7 Å². The Morgan fingerprint density at radius 1 is 1.03 bits per heavy atom. The molecule has 2 aromatic heterocycles. The topological polar surface area (TPSA) is 67.4 Å². The van der Waals surface area contributed by atoms with E-state index in [2.05, 4.69) is 15.3 Å². The number of carbonyl (C=O) groups excluding carboxylic acids is 1. The van der Waals surface area contributed by atoms with Gasteiger partial charge in [-0.2, -0.15) is 0 Å². The van der Waals surface area contributed by atoms with Gasteiger partial charge in [0, 0.05) is 42.8 Å². The maximum absolute atomic E-state index is 15.2. The number of hydrogen-bond donors (Lipinski definition) is 1. The first-order valence-corrected chi connectivity index (χ1v) is 12.2. The molecule has 6 rings (SSSR count). The average molecular weight is 485 g/mol. The van der Waals surface area contributed by atoms with Crippen LogP contribution in [-0.4, -0.2) is 40.4 Å². The molecule has 0 unspecified atom stereocenters. The Kier molecular flexibility index (Phi) is 5.60. The number of amides is 1. The van der Waals surface area contributed by atoms with Gasteiger partial charge in [0.2, 0.25) is 5.91 Å². The Hall–Kier alpha value is -3.88. The SMILES string of the molecule is O=C1CN(Cc2ccc(-c3ccc4nccc(Oc5ccc6scnc6c5)c4c3)c(F)c2)CCN1. The lowest BCUT2D eigenvalue weighted by Gasteiger charge is -2.26. The standard InChI is InChI=1S/C27H21FN4O2S/c28-22-11-17(14-32-10-9-30-27(33)15-32)1-4-20(22)18-2-5-23-21(12-18)25(7-8-29-23)34-19-3-6-26-24(13-19)31-16-35-26/h1-8,11-13,16H,9-10,14-15H2,(H,30,33). The van der Waals surface area contributed by atoms with E-state index >= 15 is 4.39 Å². The number of nitrogens with zero attached hydrogens (tertiary/aromatic N) is 3. The number of nitrogens with one attached hydrogen (secondary N) is 1. The molecule has 8 heteroatoms. The summed E-state index contributed by atoms with van der Waals surface area (Å²) in [7, 11) is 0. The average Bonchev–Trinajstić information content (AvgIpc) is 3.32. The first-order chi connectivity index (χ1) is 17.1. The molecule has 1 amide bonds. The summed E-state index contributed by atoms with van der Waals surface area (Å²) in [6.07, 6.45) is 1.70. The molecule has 0 aliphatic carbocycles. The minimum atomic E-state index is -0.302. The van der Waals surface area contributed by atoms with Crippen molar-refractivity contribution in [2.45, 2.75) is 6.54 Å². The smallest absolute Gasteiger partial charge is 0.234 e. The fraction of sp³-hybridized carbons (Fsp3) is 0.148. The van der Waals surface area contributed by atoms with Gasteiger partial charge in [0.1, 0.15) is 17.3 Å². The maximum atomic E-state index is 15.2. The second-order valence-corrected chi connectivity index (χ2v) is 9.39. The van der Waals surface area contributed by atoms with Crippen molar-refractivity contribution in [1.82, 2.24) is 20.2 Å². The van der Waals surface area contributed by atoms with Gasteiger partial charge in [0.15, 0.2) is 0 Å². The molecule has 1 aliphatic rings. The van der Waals surface area contributed by atoms with Gasteiger partial charge >= 0.3 is 0 Å². The van der Waals surface area contributed by atoms with Crippen molar-refractivity contribution in [3.8, 4) is 22.6 Å². The maximum Gasteiger partial charge on any atom is 0.234 e. The quantitative estimate of drug-likeness (QED) is 0.363. The Morgan fingerprint density at radius 3 is 2.86 bits per heavy atom. The largest absolute Gasteiger partial charge is 0.457 e. The van der Waals surface area contributed by atoms with Gasteiger partial charge in [-0.15, -0.1) is 11.3 Å². The van der Waals surface area contributed by atoms with Crippen molar-refractivity contribution in [3.63, 3.8) is 0 Å². The number of thiazole rings is 1. The molecule has 174 valence electrons. The Bertz CT molecular complexity index is 1570. The number of halogens is 1. The molecular formula is C27H21FN4O2S. The van der Waals surface area contributed by atoms with Gasteiger partial charge in [-0.25, -0.2) is 9.37 Å². The summed E-state index contributed by atoms with van der Waals surface area (Å²) in [6.45, 7) is 2.24. The lowest BCUT2D eigenvalue weighted by atomic mass is 10.0. The van der Waals surface area contributed by atoms with E-state index in [-0.39, 0.29) is 11.7 Å². The summed E-state index contributed by atoms with van der Waals surface area (Å²) in [5, 5.41) is 3.61. The monoisotopic (exact) mass is 484 g/mol. The van der Waals surface area contributed by atoms with E-state index in [9.17, 15) is 4.79 Å². The Morgan fingerprint density at radius 2 is 1.97 bits per heavy atom. The first-order valence-electron chi connectivity index (χ1n) is 11.3. The molecule has 0 bridgehead atoms. The highest BCUT2D eigenvalue weighted by atomic mass is 32.1. The highest BCUT2D eigenvalue weighted by Crippen LogP contribution is 2.34. The van der Waals surface area contributed by atoms with Gasteiger partial charge in [-0.1, -0.05) is 18.2 Å². The van der Waals surface area contributed by atoms with Gasteiger partial charge in [-0.05, 0) is 47.5 Å². The Labute approximate surface area is 205 Å². The van der Waals surface area contributed by atoms with Crippen LogP contribution in [0.5, 0.6) is 11.5 Å². The highest BCUT2D eigenvalue weighted by molar-refractivity contribution is 7.16. The fourth-order valence-electron chi connectivity index (χ4n) is 4.38. The number of piperazine rings is 1. The molecule has 6 nitrogen and oxygen atoms in total. The van der Waals surface area contributed by atoms with Crippen molar-refractivity contribution in [1.29, 1.82) is 0 Å². The van der Waals surface area contributed by atoms with Crippen LogP contribution in [0, 0.1) is 5.82 Å². The van der Waals surface area contributed by atoms with Crippen LogP contribution in [-0.2, 0) is 11.3 Å². The molecule has 1 fully saturated rings. The van der Waals surface area contributed by atoms with E-state index < -0.39 is 0 Å². The minimum absolute atomic E-state index is 0.00245. The van der Waals surface area contributed by atoms with E-state index in [4.69, 9.17) is 4.74 Å². The summed E-state index contributed by atoms with van der Waals surface area (Å²) in [4.78, 5) is 22.4. The second kappa shape index (κ2) is 9.05. The number of pyridine rings is 1. The van der Waals surface area contributed by atoms with E-state index in [0.717, 1.165) is 38.8 Å². The zero-order valence-corrected chi connectivity index (χ0v) is 19.5. The first kappa shape index (κ1) is 21.6. The summed E-state index contributed by atoms with van der Waals surface area (Å²) in [5.74, 6) is 1.03. The van der Waals surface area contributed by atoms with Crippen molar-refractivity contribution >= 4 is 38.4 Å². The van der Waals surface area contributed by atoms with E-state index in [1.165, 1.54) is 0 Å². The van der Waals surface area contributed by atoms with E-state index in [1.807, 2.05) is 58.9 Å². The third kappa shape index (κ3) is 4.45. The number of ether oxygens (including phenoxy) is 1. The Balaban J connectivity index is 1.30. The summed E-state index contributed by atoms with van der Waals surface area (Å²) in [5.41, 5.74) is 5.55. The number of hydrogen-bond acceptors (Lipinski definition) is 6. The molecule has 3 aromatic carbocycles. The molecule has 0 radical (unpaired) electrons. The van der Waals surface area contributed by atoms with Gasteiger partial charge in [0.05, 0.1) is 27.8 Å². The molecule has 1 N–H and O–H groups in total. The van der Waals surface area contributed by atoms with Crippen molar-refractivity contribution in [2.75, 3.05) is 19.6 Å². The van der Waals surface area contributed by atoms with Crippen LogP contribution in [0.2, 0.25) is 0 Å². The zero-order chi connectivity index (χ0) is 23.8. The van der Waals surface area contributed by atoms with Crippen LogP contribution >= 0.6 is 11.3 Å². The molecule has 1 aliphatic heterocycles.